The molecule has 1 aliphatic heterocycles. The van der Waals surface area contributed by atoms with E-state index in [1.807, 2.05) is 11.8 Å². The molecule has 1 aliphatic rings. The van der Waals surface area contributed by atoms with Crippen LogP contribution in [0.15, 0.2) is 23.1 Å². The quantitative estimate of drug-likeness (QED) is 0.781. The number of hydrogen-bond donors (Lipinski definition) is 0. The monoisotopic (exact) mass is 306 g/mol. The molecule has 21 heavy (non-hydrogen) atoms. The maximum Gasteiger partial charge on any atom is 0.133 e. The first-order chi connectivity index (χ1) is 9.89. The lowest BCUT2D eigenvalue weighted by atomic mass is 9.88. The normalized spacial score (nSPS) is 18.4. The van der Waals surface area contributed by atoms with Gasteiger partial charge in [0.15, 0.2) is 0 Å². The summed E-state index contributed by atoms with van der Waals surface area (Å²) in [6.07, 6.45) is 3.42. The summed E-state index contributed by atoms with van der Waals surface area (Å²) in [5, 5.41) is 0. The predicted molar refractivity (Wildman–Crippen MR) is 88.9 cm³/mol. The second kappa shape index (κ2) is 6.97. The van der Waals surface area contributed by atoms with Gasteiger partial charge in [0.2, 0.25) is 0 Å². The standard InChI is InChI=1S/C18H26O2S/c1-18(2,3)12-14(19)7-5-13-6-8-17-15(11-13)16(20-4)9-10-21-17/h6,8,11,16H,5,7,9-10,12H2,1-4H3. The van der Waals surface area contributed by atoms with E-state index in [-0.39, 0.29) is 11.5 Å². The Balaban J connectivity index is 2.00. The summed E-state index contributed by atoms with van der Waals surface area (Å²) in [6, 6.07) is 6.59. The molecule has 0 saturated carbocycles. The molecular formula is C18H26O2S. The molecule has 1 atom stereocenters. The summed E-state index contributed by atoms with van der Waals surface area (Å²) in [5.74, 6) is 1.48. The van der Waals surface area contributed by atoms with E-state index in [4.69, 9.17) is 4.74 Å². The highest BCUT2D eigenvalue weighted by Crippen LogP contribution is 2.38. The van der Waals surface area contributed by atoms with Gasteiger partial charge >= 0.3 is 0 Å². The number of carbonyl (C=O) groups is 1. The number of thioether (sulfide) groups is 1. The summed E-state index contributed by atoms with van der Waals surface area (Å²) >= 11 is 1.90. The zero-order valence-corrected chi connectivity index (χ0v) is 14.4. The number of carbonyl (C=O) groups excluding carboxylic acids is 1. The van der Waals surface area contributed by atoms with Crippen molar-refractivity contribution in [1.29, 1.82) is 0 Å². The van der Waals surface area contributed by atoms with Crippen molar-refractivity contribution in [2.45, 2.75) is 57.5 Å². The van der Waals surface area contributed by atoms with Gasteiger partial charge in [0.1, 0.15) is 5.78 Å². The Morgan fingerprint density at radius 1 is 1.38 bits per heavy atom. The first-order valence-corrected chi connectivity index (χ1v) is 8.68. The highest BCUT2D eigenvalue weighted by atomic mass is 32.2. The lowest BCUT2D eigenvalue weighted by Crippen LogP contribution is -2.13. The number of benzene rings is 1. The fourth-order valence-corrected chi connectivity index (χ4v) is 3.85. The van der Waals surface area contributed by atoms with Gasteiger partial charge in [-0.3, -0.25) is 4.79 Å². The van der Waals surface area contributed by atoms with Crippen molar-refractivity contribution in [3.63, 3.8) is 0 Å². The van der Waals surface area contributed by atoms with Crippen LogP contribution in [0.5, 0.6) is 0 Å². The Kier molecular flexibility index (Phi) is 5.50. The second-order valence-corrected chi connectivity index (χ2v) is 8.15. The molecule has 0 amide bonds. The van der Waals surface area contributed by atoms with Crippen LogP contribution < -0.4 is 0 Å². The van der Waals surface area contributed by atoms with Gasteiger partial charge in [0, 0.05) is 30.6 Å². The minimum absolute atomic E-state index is 0.0880. The Bertz CT molecular complexity index is 502. The van der Waals surface area contributed by atoms with Crippen LogP contribution in [0.1, 0.15) is 57.3 Å². The van der Waals surface area contributed by atoms with Crippen LogP contribution in [-0.4, -0.2) is 18.6 Å². The van der Waals surface area contributed by atoms with Gasteiger partial charge in [-0.1, -0.05) is 32.9 Å². The number of aryl methyl sites for hydroxylation is 1. The molecule has 1 aromatic rings. The van der Waals surface area contributed by atoms with Gasteiger partial charge in [0.05, 0.1) is 6.10 Å². The number of rotatable bonds is 5. The average Bonchev–Trinajstić information content (AvgIpc) is 2.42. The molecule has 0 radical (unpaired) electrons. The smallest absolute Gasteiger partial charge is 0.133 e. The first-order valence-electron chi connectivity index (χ1n) is 7.69. The number of fused-ring (bicyclic) bond motifs is 1. The molecule has 2 rings (SSSR count). The molecule has 0 aromatic heterocycles. The number of ether oxygens (including phenoxy) is 1. The summed E-state index contributed by atoms with van der Waals surface area (Å²) in [6.45, 7) is 6.35. The fourth-order valence-electron chi connectivity index (χ4n) is 2.78. The van der Waals surface area contributed by atoms with Gasteiger partial charge < -0.3 is 4.74 Å². The summed E-state index contributed by atoms with van der Waals surface area (Å²) in [4.78, 5) is 13.3. The number of hydrogen-bond acceptors (Lipinski definition) is 3. The molecule has 1 unspecified atom stereocenters. The van der Waals surface area contributed by atoms with Crippen molar-refractivity contribution in [1.82, 2.24) is 0 Å². The van der Waals surface area contributed by atoms with Crippen molar-refractivity contribution in [3.05, 3.63) is 29.3 Å². The van der Waals surface area contributed by atoms with Gasteiger partial charge in [-0.2, -0.15) is 0 Å². The third kappa shape index (κ3) is 4.86. The maximum absolute atomic E-state index is 12.0. The van der Waals surface area contributed by atoms with Gasteiger partial charge in [0.25, 0.3) is 0 Å². The Morgan fingerprint density at radius 2 is 2.14 bits per heavy atom. The van der Waals surface area contributed by atoms with E-state index >= 15 is 0 Å². The molecule has 2 nitrogen and oxygen atoms in total. The highest BCUT2D eigenvalue weighted by Gasteiger charge is 2.21. The van der Waals surface area contributed by atoms with Crippen LogP contribution in [0.4, 0.5) is 0 Å². The van der Waals surface area contributed by atoms with E-state index in [0.29, 0.717) is 18.6 Å². The lowest BCUT2D eigenvalue weighted by molar-refractivity contribution is -0.120. The number of Topliss-reactive ketones (excluding diaryl/α,β-unsaturated/α-hetero) is 1. The van der Waals surface area contributed by atoms with E-state index in [1.165, 1.54) is 16.0 Å². The zero-order valence-electron chi connectivity index (χ0n) is 13.6. The Morgan fingerprint density at radius 3 is 2.81 bits per heavy atom. The van der Waals surface area contributed by atoms with Crippen molar-refractivity contribution in [2.75, 3.05) is 12.9 Å². The SMILES string of the molecule is COC1CCSc2ccc(CCC(=O)CC(C)(C)C)cc21. The van der Waals surface area contributed by atoms with Crippen LogP contribution in [0.2, 0.25) is 0 Å². The molecule has 0 N–H and O–H groups in total. The summed E-state index contributed by atoms with van der Waals surface area (Å²) in [5.41, 5.74) is 2.64. The number of ketones is 1. The number of methoxy groups -OCH3 is 1. The molecule has 0 spiro atoms. The molecule has 0 aliphatic carbocycles. The van der Waals surface area contributed by atoms with E-state index in [2.05, 4.69) is 39.0 Å². The highest BCUT2D eigenvalue weighted by molar-refractivity contribution is 7.99. The van der Waals surface area contributed by atoms with Gasteiger partial charge in [-0.15, -0.1) is 11.8 Å². The van der Waals surface area contributed by atoms with E-state index < -0.39 is 0 Å². The molecule has 0 fully saturated rings. The molecule has 116 valence electrons. The van der Waals surface area contributed by atoms with Crippen LogP contribution >= 0.6 is 11.8 Å². The zero-order chi connectivity index (χ0) is 15.5. The van der Waals surface area contributed by atoms with E-state index in [9.17, 15) is 4.79 Å². The van der Waals surface area contributed by atoms with Crippen molar-refractivity contribution < 1.29 is 9.53 Å². The predicted octanol–water partition coefficient (Wildman–Crippen LogP) is 4.81. The second-order valence-electron chi connectivity index (χ2n) is 7.01. The average molecular weight is 306 g/mol. The van der Waals surface area contributed by atoms with E-state index in [1.54, 1.807) is 7.11 Å². The summed E-state index contributed by atoms with van der Waals surface area (Å²) < 4.78 is 5.58. The maximum atomic E-state index is 12.0. The van der Waals surface area contributed by atoms with Crippen molar-refractivity contribution in [3.8, 4) is 0 Å². The van der Waals surface area contributed by atoms with Crippen molar-refractivity contribution >= 4 is 17.5 Å². The van der Waals surface area contributed by atoms with Crippen LogP contribution in [0.25, 0.3) is 0 Å². The van der Waals surface area contributed by atoms with E-state index in [0.717, 1.165) is 18.6 Å². The molecule has 1 aromatic carbocycles. The first kappa shape index (κ1) is 16.6. The molecule has 0 saturated heterocycles. The lowest BCUT2D eigenvalue weighted by Gasteiger charge is -2.24. The van der Waals surface area contributed by atoms with Crippen LogP contribution in [0.3, 0.4) is 0 Å². The minimum atomic E-state index is 0.0880. The van der Waals surface area contributed by atoms with Crippen LogP contribution in [-0.2, 0) is 16.0 Å². The topological polar surface area (TPSA) is 26.3 Å². The molecular weight excluding hydrogens is 280 g/mol. The van der Waals surface area contributed by atoms with Crippen LogP contribution in [0, 0.1) is 5.41 Å². The molecule has 3 heteroatoms. The molecule has 0 bridgehead atoms. The minimum Gasteiger partial charge on any atom is -0.377 e. The van der Waals surface area contributed by atoms with Gasteiger partial charge in [-0.05, 0) is 35.4 Å². The third-order valence-corrected chi connectivity index (χ3v) is 4.89. The summed E-state index contributed by atoms with van der Waals surface area (Å²) in [7, 11) is 1.78. The largest absolute Gasteiger partial charge is 0.377 e. The van der Waals surface area contributed by atoms with Gasteiger partial charge in [-0.25, -0.2) is 0 Å². The third-order valence-electron chi connectivity index (χ3n) is 3.76. The Labute approximate surface area is 132 Å². The fraction of sp³-hybridized carbons (Fsp3) is 0.611. The van der Waals surface area contributed by atoms with Crippen molar-refractivity contribution in [2.24, 2.45) is 5.41 Å². The molecule has 1 heterocycles. The Hall–Kier alpha value is -0.800.